The van der Waals surface area contributed by atoms with Gasteiger partial charge in [-0.25, -0.2) is 0 Å². The van der Waals surface area contributed by atoms with Crippen LogP contribution in [0, 0.1) is 0 Å². The SMILES string of the molecule is CCCCNCCCN(C)CC. The molecule has 0 spiro atoms. The zero-order chi connectivity index (χ0) is 9.23. The minimum Gasteiger partial charge on any atom is -0.317 e. The van der Waals surface area contributed by atoms with E-state index in [1.165, 1.54) is 38.9 Å². The third-order valence-corrected chi connectivity index (χ3v) is 2.14. The van der Waals surface area contributed by atoms with Crippen LogP contribution in [0.1, 0.15) is 33.1 Å². The van der Waals surface area contributed by atoms with Gasteiger partial charge in [-0.2, -0.15) is 0 Å². The lowest BCUT2D eigenvalue weighted by Crippen LogP contribution is -2.24. The van der Waals surface area contributed by atoms with Crippen molar-refractivity contribution in [1.82, 2.24) is 10.2 Å². The standard InChI is InChI=1S/C10H24N2/c1-4-6-8-11-9-7-10-12(3)5-2/h11H,4-10H2,1-3H3. The molecule has 74 valence electrons. The summed E-state index contributed by atoms with van der Waals surface area (Å²) in [5.74, 6) is 0. The van der Waals surface area contributed by atoms with Crippen LogP contribution in [0.5, 0.6) is 0 Å². The van der Waals surface area contributed by atoms with Gasteiger partial charge in [0, 0.05) is 0 Å². The van der Waals surface area contributed by atoms with Crippen LogP contribution in [-0.4, -0.2) is 38.1 Å². The van der Waals surface area contributed by atoms with Crippen LogP contribution in [0.15, 0.2) is 0 Å². The molecule has 1 N–H and O–H groups in total. The average molecular weight is 172 g/mol. The van der Waals surface area contributed by atoms with Crippen LogP contribution in [0.4, 0.5) is 0 Å². The second kappa shape index (κ2) is 9.01. The summed E-state index contributed by atoms with van der Waals surface area (Å²) in [6.07, 6.45) is 3.87. The van der Waals surface area contributed by atoms with Crippen molar-refractivity contribution >= 4 is 0 Å². The van der Waals surface area contributed by atoms with Crippen molar-refractivity contribution in [2.24, 2.45) is 0 Å². The summed E-state index contributed by atoms with van der Waals surface area (Å²) in [4.78, 5) is 2.35. The Kier molecular flexibility index (Phi) is 8.95. The lowest BCUT2D eigenvalue weighted by Gasteiger charge is -2.13. The predicted octanol–water partition coefficient (Wildman–Crippen LogP) is 1.72. The lowest BCUT2D eigenvalue weighted by atomic mass is 10.3. The molecule has 2 nitrogen and oxygen atoms in total. The first kappa shape index (κ1) is 11.9. The average Bonchev–Trinajstić information content (AvgIpc) is 2.10. The fourth-order valence-corrected chi connectivity index (χ4v) is 1.06. The van der Waals surface area contributed by atoms with E-state index in [2.05, 4.69) is 31.1 Å². The van der Waals surface area contributed by atoms with E-state index in [1.54, 1.807) is 0 Å². The summed E-state index contributed by atoms with van der Waals surface area (Å²) in [6, 6.07) is 0. The summed E-state index contributed by atoms with van der Waals surface area (Å²) < 4.78 is 0. The Balaban J connectivity index is 2.90. The summed E-state index contributed by atoms with van der Waals surface area (Å²) >= 11 is 0. The highest BCUT2D eigenvalue weighted by atomic mass is 15.1. The molecule has 2 heteroatoms. The highest BCUT2D eigenvalue weighted by Gasteiger charge is 1.92. The molecule has 0 unspecified atom stereocenters. The van der Waals surface area contributed by atoms with Gasteiger partial charge in [-0.05, 0) is 46.1 Å². The fraction of sp³-hybridized carbons (Fsp3) is 1.00. The van der Waals surface area contributed by atoms with Gasteiger partial charge in [-0.3, -0.25) is 0 Å². The molecular weight excluding hydrogens is 148 g/mol. The molecule has 0 aliphatic carbocycles. The van der Waals surface area contributed by atoms with Crippen LogP contribution in [0.25, 0.3) is 0 Å². The van der Waals surface area contributed by atoms with E-state index >= 15 is 0 Å². The molecule has 0 fully saturated rings. The molecule has 0 atom stereocenters. The number of hydrogen-bond acceptors (Lipinski definition) is 2. The van der Waals surface area contributed by atoms with E-state index in [1.807, 2.05) is 0 Å². The molecule has 0 saturated carbocycles. The lowest BCUT2D eigenvalue weighted by molar-refractivity contribution is 0.344. The minimum absolute atomic E-state index is 1.16. The Morgan fingerprint density at radius 3 is 2.33 bits per heavy atom. The summed E-state index contributed by atoms with van der Waals surface area (Å²) in [5.41, 5.74) is 0. The maximum absolute atomic E-state index is 3.44. The normalized spacial score (nSPS) is 11.0. The number of unbranched alkanes of at least 4 members (excludes halogenated alkanes) is 1. The highest BCUT2D eigenvalue weighted by Crippen LogP contribution is 1.86. The maximum Gasteiger partial charge on any atom is -0.000981 e. The molecule has 12 heavy (non-hydrogen) atoms. The van der Waals surface area contributed by atoms with Gasteiger partial charge >= 0.3 is 0 Å². The van der Waals surface area contributed by atoms with Crippen molar-refractivity contribution in [2.75, 3.05) is 33.2 Å². The predicted molar refractivity (Wildman–Crippen MR) is 55.6 cm³/mol. The van der Waals surface area contributed by atoms with Crippen molar-refractivity contribution in [2.45, 2.75) is 33.1 Å². The van der Waals surface area contributed by atoms with Crippen molar-refractivity contribution in [1.29, 1.82) is 0 Å². The zero-order valence-electron chi connectivity index (χ0n) is 8.90. The maximum atomic E-state index is 3.44. The van der Waals surface area contributed by atoms with Gasteiger partial charge < -0.3 is 10.2 Å². The molecular formula is C10H24N2. The van der Waals surface area contributed by atoms with Crippen LogP contribution in [0.3, 0.4) is 0 Å². The Bertz CT molecular complexity index is 83.9. The first-order valence-electron chi connectivity index (χ1n) is 5.20. The Labute approximate surface area is 77.3 Å². The molecule has 0 heterocycles. The molecule has 0 aliphatic rings. The molecule has 0 rings (SSSR count). The highest BCUT2D eigenvalue weighted by molar-refractivity contribution is 4.51. The zero-order valence-corrected chi connectivity index (χ0v) is 8.90. The Hall–Kier alpha value is -0.0800. The number of nitrogens with one attached hydrogen (secondary N) is 1. The van der Waals surface area contributed by atoms with Gasteiger partial charge in [0.2, 0.25) is 0 Å². The van der Waals surface area contributed by atoms with Crippen LogP contribution >= 0.6 is 0 Å². The third kappa shape index (κ3) is 8.02. The van der Waals surface area contributed by atoms with E-state index in [4.69, 9.17) is 0 Å². The van der Waals surface area contributed by atoms with Gasteiger partial charge in [0.15, 0.2) is 0 Å². The van der Waals surface area contributed by atoms with Crippen LogP contribution in [-0.2, 0) is 0 Å². The molecule has 0 aliphatic heterocycles. The molecule has 0 aromatic rings. The number of hydrogen-bond donors (Lipinski definition) is 1. The van der Waals surface area contributed by atoms with Crippen molar-refractivity contribution in [3.8, 4) is 0 Å². The molecule has 0 aromatic carbocycles. The number of nitrogens with zero attached hydrogens (tertiary/aromatic N) is 1. The van der Waals surface area contributed by atoms with Gasteiger partial charge in [0.1, 0.15) is 0 Å². The molecule has 0 aromatic heterocycles. The van der Waals surface area contributed by atoms with Gasteiger partial charge in [-0.1, -0.05) is 20.3 Å². The quantitative estimate of drug-likeness (QED) is 0.561. The molecule has 0 saturated heterocycles. The summed E-state index contributed by atoms with van der Waals surface area (Å²) in [6.45, 7) is 9.16. The first-order chi connectivity index (χ1) is 5.81. The fourth-order valence-electron chi connectivity index (χ4n) is 1.06. The largest absolute Gasteiger partial charge is 0.317 e. The molecule has 0 radical (unpaired) electrons. The van der Waals surface area contributed by atoms with Crippen molar-refractivity contribution in [3.05, 3.63) is 0 Å². The van der Waals surface area contributed by atoms with E-state index in [0.717, 1.165) is 6.54 Å². The monoisotopic (exact) mass is 172 g/mol. The van der Waals surface area contributed by atoms with E-state index < -0.39 is 0 Å². The van der Waals surface area contributed by atoms with Gasteiger partial charge in [-0.15, -0.1) is 0 Å². The smallest absolute Gasteiger partial charge is 0.000981 e. The topological polar surface area (TPSA) is 15.3 Å². The van der Waals surface area contributed by atoms with Crippen LogP contribution in [0.2, 0.25) is 0 Å². The van der Waals surface area contributed by atoms with Crippen LogP contribution < -0.4 is 5.32 Å². The number of rotatable bonds is 8. The van der Waals surface area contributed by atoms with E-state index in [-0.39, 0.29) is 0 Å². The van der Waals surface area contributed by atoms with Gasteiger partial charge in [0.25, 0.3) is 0 Å². The third-order valence-electron chi connectivity index (χ3n) is 2.14. The van der Waals surface area contributed by atoms with Crippen molar-refractivity contribution < 1.29 is 0 Å². The van der Waals surface area contributed by atoms with E-state index in [9.17, 15) is 0 Å². The second-order valence-corrected chi connectivity index (χ2v) is 3.35. The molecule has 0 bridgehead atoms. The van der Waals surface area contributed by atoms with Crippen molar-refractivity contribution in [3.63, 3.8) is 0 Å². The molecule has 0 amide bonds. The Morgan fingerprint density at radius 1 is 1.08 bits per heavy atom. The first-order valence-corrected chi connectivity index (χ1v) is 5.20. The minimum atomic E-state index is 1.16. The Morgan fingerprint density at radius 2 is 1.75 bits per heavy atom. The van der Waals surface area contributed by atoms with E-state index in [0.29, 0.717) is 0 Å². The second-order valence-electron chi connectivity index (χ2n) is 3.35. The summed E-state index contributed by atoms with van der Waals surface area (Å²) in [5, 5.41) is 3.44. The van der Waals surface area contributed by atoms with Gasteiger partial charge in [0.05, 0.1) is 0 Å². The summed E-state index contributed by atoms with van der Waals surface area (Å²) in [7, 11) is 2.17.